The summed E-state index contributed by atoms with van der Waals surface area (Å²) in [7, 11) is 4.41. The Bertz CT molecular complexity index is 1200. The summed E-state index contributed by atoms with van der Waals surface area (Å²) in [6.07, 6.45) is 8.36. The highest BCUT2D eigenvalue weighted by Gasteiger charge is 2.26. The zero-order valence-corrected chi connectivity index (χ0v) is 21.1. The van der Waals surface area contributed by atoms with Crippen molar-refractivity contribution in [3.05, 3.63) is 47.8 Å². The Balaban J connectivity index is 1.74. The fourth-order valence-corrected chi connectivity index (χ4v) is 4.78. The van der Waals surface area contributed by atoms with E-state index < -0.39 is 5.97 Å². The molecule has 1 aliphatic carbocycles. The van der Waals surface area contributed by atoms with Crippen LogP contribution in [-0.4, -0.2) is 55.4 Å². The molecule has 36 heavy (non-hydrogen) atoms. The van der Waals surface area contributed by atoms with E-state index in [0.29, 0.717) is 35.7 Å². The zero-order chi connectivity index (χ0) is 25.5. The molecule has 9 nitrogen and oxygen atoms in total. The molecule has 1 aromatic carbocycles. The quantitative estimate of drug-likeness (QED) is 0.403. The van der Waals surface area contributed by atoms with Gasteiger partial charge < -0.3 is 29.4 Å². The summed E-state index contributed by atoms with van der Waals surface area (Å²) >= 11 is 0. The molecule has 4 rings (SSSR count). The molecule has 0 radical (unpaired) electrons. The molecule has 0 unspecified atom stereocenters. The maximum atomic E-state index is 13.0. The Kier molecular flexibility index (Phi) is 8.43. The molecular weight excluding hydrogens is 460 g/mol. The van der Waals surface area contributed by atoms with Crippen LogP contribution >= 0.6 is 0 Å². The van der Waals surface area contributed by atoms with E-state index in [0.717, 1.165) is 29.8 Å². The number of ether oxygens (including phenoxy) is 3. The number of hydrogen-bond acceptors (Lipinski definition) is 7. The van der Waals surface area contributed by atoms with Crippen molar-refractivity contribution >= 4 is 34.3 Å². The predicted octanol–water partition coefficient (Wildman–Crippen LogP) is 4.40. The van der Waals surface area contributed by atoms with E-state index >= 15 is 0 Å². The minimum Gasteiger partial charge on any atom is -0.497 e. The number of esters is 1. The van der Waals surface area contributed by atoms with Crippen molar-refractivity contribution < 1.29 is 23.8 Å². The molecule has 0 aliphatic heterocycles. The molecule has 1 aliphatic rings. The lowest BCUT2D eigenvalue weighted by molar-refractivity contribution is -0.119. The molecule has 1 fully saturated rings. The van der Waals surface area contributed by atoms with Gasteiger partial charge in [0.1, 0.15) is 18.0 Å². The Morgan fingerprint density at radius 2 is 1.83 bits per heavy atom. The van der Waals surface area contributed by atoms with Gasteiger partial charge in [-0.3, -0.25) is 4.79 Å². The number of carbonyl (C=O) groups is 2. The van der Waals surface area contributed by atoms with Crippen molar-refractivity contribution in [3.8, 4) is 5.75 Å². The first-order valence-corrected chi connectivity index (χ1v) is 12.3. The maximum Gasteiger partial charge on any atom is 0.356 e. The molecule has 0 saturated heterocycles. The van der Waals surface area contributed by atoms with Gasteiger partial charge in [-0.25, -0.2) is 9.78 Å². The van der Waals surface area contributed by atoms with E-state index in [9.17, 15) is 9.59 Å². The fourth-order valence-electron chi connectivity index (χ4n) is 4.78. The SMILES string of the molecule is COCC(=O)Nc1c(C(=O)OC)n(CCc2ccc(OC)cc2)c2ncc(NC3CCCCC3)cc12. The second-order valence-electron chi connectivity index (χ2n) is 9.02. The van der Waals surface area contributed by atoms with Crippen LogP contribution in [0.3, 0.4) is 0 Å². The number of nitrogens with zero attached hydrogens (tertiary/aromatic N) is 2. The van der Waals surface area contributed by atoms with Crippen LogP contribution in [-0.2, 0) is 27.2 Å². The van der Waals surface area contributed by atoms with Crippen LogP contribution in [0.15, 0.2) is 36.5 Å². The lowest BCUT2D eigenvalue weighted by Gasteiger charge is -2.23. The molecular formula is C27H34N4O5. The number of anilines is 2. The first kappa shape index (κ1) is 25.5. The number of pyridine rings is 1. The van der Waals surface area contributed by atoms with Crippen LogP contribution in [0.4, 0.5) is 11.4 Å². The number of carbonyl (C=O) groups excluding carboxylic acids is 2. The second kappa shape index (κ2) is 11.9. The van der Waals surface area contributed by atoms with Gasteiger partial charge in [-0.1, -0.05) is 31.4 Å². The van der Waals surface area contributed by atoms with Crippen molar-refractivity contribution in [3.63, 3.8) is 0 Å². The van der Waals surface area contributed by atoms with Crippen molar-refractivity contribution in [2.75, 3.05) is 38.6 Å². The van der Waals surface area contributed by atoms with Crippen LogP contribution in [0.1, 0.15) is 48.2 Å². The largest absolute Gasteiger partial charge is 0.497 e. The van der Waals surface area contributed by atoms with Crippen LogP contribution in [0, 0.1) is 0 Å². The topological polar surface area (TPSA) is 104 Å². The number of methoxy groups -OCH3 is 3. The van der Waals surface area contributed by atoms with Gasteiger partial charge in [-0.05, 0) is 43.0 Å². The molecule has 192 valence electrons. The molecule has 0 bridgehead atoms. The van der Waals surface area contributed by atoms with E-state index in [1.807, 2.05) is 34.9 Å². The third-order valence-electron chi connectivity index (χ3n) is 6.58. The highest BCUT2D eigenvalue weighted by molar-refractivity contribution is 6.11. The number of fused-ring (bicyclic) bond motifs is 1. The smallest absolute Gasteiger partial charge is 0.356 e. The number of nitrogens with one attached hydrogen (secondary N) is 2. The number of benzene rings is 1. The summed E-state index contributed by atoms with van der Waals surface area (Å²) in [6.45, 7) is 0.336. The Labute approximate surface area is 211 Å². The lowest BCUT2D eigenvalue weighted by Crippen LogP contribution is -2.22. The summed E-state index contributed by atoms with van der Waals surface area (Å²) < 4.78 is 17.2. The number of aryl methyl sites for hydroxylation is 2. The third-order valence-corrected chi connectivity index (χ3v) is 6.58. The van der Waals surface area contributed by atoms with Gasteiger partial charge in [0, 0.05) is 25.1 Å². The first-order chi connectivity index (χ1) is 17.5. The number of amides is 1. The molecule has 1 saturated carbocycles. The first-order valence-electron chi connectivity index (χ1n) is 12.3. The number of rotatable bonds is 10. The summed E-state index contributed by atoms with van der Waals surface area (Å²) in [4.78, 5) is 30.2. The zero-order valence-electron chi connectivity index (χ0n) is 21.1. The van der Waals surface area contributed by atoms with Crippen molar-refractivity contribution in [1.82, 2.24) is 9.55 Å². The third kappa shape index (κ3) is 5.79. The average molecular weight is 495 g/mol. The minimum absolute atomic E-state index is 0.132. The van der Waals surface area contributed by atoms with Gasteiger partial charge in [0.15, 0.2) is 5.69 Å². The van der Waals surface area contributed by atoms with Crippen molar-refractivity contribution in [2.45, 2.75) is 51.1 Å². The molecule has 9 heteroatoms. The number of hydrogen-bond donors (Lipinski definition) is 2. The van der Waals surface area contributed by atoms with E-state index in [4.69, 9.17) is 19.2 Å². The van der Waals surface area contributed by atoms with Gasteiger partial charge in [-0.15, -0.1) is 0 Å². The molecule has 2 aromatic heterocycles. The summed E-state index contributed by atoms with van der Waals surface area (Å²) in [5, 5.41) is 7.12. The van der Waals surface area contributed by atoms with Gasteiger partial charge in [0.2, 0.25) is 5.91 Å². The van der Waals surface area contributed by atoms with Crippen LogP contribution in [0.5, 0.6) is 5.75 Å². The predicted molar refractivity (Wildman–Crippen MR) is 139 cm³/mol. The minimum atomic E-state index is -0.544. The van der Waals surface area contributed by atoms with Gasteiger partial charge in [0.25, 0.3) is 0 Å². The van der Waals surface area contributed by atoms with Crippen LogP contribution in [0.25, 0.3) is 11.0 Å². The Morgan fingerprint density at radius 3 is 2.50 bits per heavy atom. The molecule has 0 atom stereocenters. The fraction of sp³-hybridized carbons (Fsp3) is 0.444. The van der Waals surface area contributed by atoms with Crippen LogP contribution in [0.2, 0.25) is 0 Å². The monoisotopic (exact) mass is 494 g/mol. The lowest BCUT2D eigenvalue weighted by atomic mass is 9.95. The number of aromatic nitrogens is 2. The maximum absolute atomic E-state index is 13.0. The molecule has 2 heterocycles. The highest BCUT2D eigenvalue weighted by atomic mass is 16.5. The van der Waals surface area contributed by atoms with E-state index in [2.05, 4.69) is 10.6 Å². The molecule has 2 N–H and O–H groups in total. The van der Waals surface area contributed by atoms with Gasteiger partial charge in [0.05, 0.1) is 31.8 Å². The van der Waals surface area contributed by atoms with E-state index in [-0.39, 0.29) is 18.2 Å². The summed E-state index contributed by atoms with van der Waals surface area (Å²) in [5.41, 5.74) is 3.18. The van der Waals surface area contributed by atoms with Crippen molar-refractivity contribution in [1.29, 1.82) is 0 Å². The van der Waals surface area contributed by atoms with Crippen LogP contribution < -0.4 is 15.4 Å². The molecule has 3 aromatic rings. The van der Waals surface area contributed by atoms with Gasteiger partial charge >= 0.3 is 5.97 Å². The normalized spacial score (nSPS) is 14.0. The Morgan fingerprint density at radius 1 is 1.08 bits per heavy atom. The summed E-state index contributed by atoms with van der Waals surface area (Å²) in [5.74, 6) is -0.122. The highest BCUT2D eigenvalue weighted by Crippen LogP contribution is 2.34. The molecule has 0 spiro atoms. The van der Waals surface area contributed by atoms with Crippen molar-refractivity contribution in [2.24, 2.45) is 0 Å². The van der Waals surface area contributed by atoms with Gasteiger partial charge in [-0.2, -0.15) is 0 Å². The van der Waals surface area contributed by atoms with E-state index in [1.165, 1.54) is 33.5 Å². The Hall–Kier alpha value is -3.59. The average Bonchev–Trinajstić information content (AvgIpc) is 3.20. The van der Waals surface area contributed by atoms with E-state index in [1.54, 1.807) is 13.3 Å². The second-order valence-corrected chi connectivity index (χ2v) is 9.02. The molecule has 1 amide bonds. The summed E-state index contributed by atoms with van der Waals surface area (Å²) in [6, 6.07) is 10.1. The standard InChI is InChI=1S/C27H34N4O5/c1-34-17-23(32)30-24-22-15-20(29-19-7-5-4-6-8-19)16-28-26(22)31(25(24)27(33)36-3)14-13-18-9-11-21(35-2)12-10-18/h9-12,15-16,19,29H,4-8,13-14,17H2,1-3H3,(H,30,32).